The number of carbonyl (C=O) groups excluding carboxylic acids is 1. The summed E-state index contributed by atoms with van der Waals surface area (Å²) in [4.78, 5) is 10.5. The van der Waals surface area contributed by atoms with Crippen molar-refractivity contribution in [1.82, 2.24) is 4.72 Å². The second-order valence-corrected chi connectivity index (χ2v) is 5.76. The first-order chi connectivity index (χ1) is 8.81. The molecule has 0 fully saturated rings. The molecular weight excluding hydrogens is 270 g/mol. The standard InChI is InChI=1S/C11H17N3O4S/c1-8-4-9(12)6-10(5-8)19(16,17)14-2-3-18-7-11(13)15/h4-6,14H,2-3,7,12H2,1H3,(H2,13,15). The Balaban J connectivity index is 2.58. The maximum absolute atomic E-state index is 11.9. The molecule has 0 atom stereocenters. The van der Waals surface area contributed by atoms with Crippen molar-refractivity contribution in [3.8, 4) is 0 Å². The number of anilines is 1. The summed E-state index contributed by atoms with van der Waals surface area (Å²) in [6.45, 7) is 1.62. The molecule has 0 unspecified atom stereocenters. The molecule has 0 radical (unpaired) electrons. The first-order valence-corrected chi connectivity index (χ1v) is 7.02. The van der Waals surface area contributed by atoms with E-state index in [4.69, 9.17) is 16.2 Å². The molecule has 106 valence electrons. The summed E-state index contributed by atoms with van der Waals surface area (Å²) < 4.78 is 31.0. The van der Waals surface area contributed by atoms with Gasteiger partial charge in [-0.1, -0.05) is 0 Å². The molecular formula is C11H17N3O4S. The lowest BCUT2D eigenvalue weighted by molar-refractivity contribution is -0.122. The van der Waals surface area contributed by atoms with Gasteiger partial charge in [-0.25, -0.2) is 13.1 Å². The van der Waals surface area contributed by atoms with Gasteiger partial charge in [0.2, 0.25) is 15.9 Å². The van der Waals surface area contributed by atoms with Gasteiger partial charge >= 0.3 is 0 Å². The molecule has 0 saturated carbocycles. The van der Waals surface area contributed by atoms with Gasteiger partial charge in [-0.3, -0.25) is 4.79 Å². The van der Waals surface area contributed by atoms with Crippen molar-refractivity contribution < 1.29 is 17.9 Å². The Morgan fingerprint density at radius 2 is 2.05 bits per heavy atom. The Labute approximate surface area is 112 Å². The molecule has 0 bridgehead atoms. The molecule has 8 heteroatoms. The molecule has 0 aliphatic rings. The van der Waals surface area contributed by atoms with Crippen LogP contribution in [0.5, 0.6) is 0 Å². The summed E-state index contributed by atoms with van der Waals surface area (Å²) in [7, 11) is -3.63. The molecule has 1 aromatic rings. The zero-order valence-corrected chi connectivity index (χ0v) is 11.4. The third-order valence-electron chi connectivity index (χ3n) is 2.17. The van der Waals surface area contributed by atoms with Crippen molar-refractivity contribution in [3.63, 3.8) is 0 Å². The van der Waals surface area contributed by atoms with Gasteiger partial charge in [-0.05, 0) is 30.7 Å². The number of ether oxygens (including phenoxy) is 1. The Morgan fingerprint density at radius 1 is 1.37 bits per heavy atom. The number of hydrogen-bond donors (Lipinski definition) is 3. The van der Waals surface area contributed by atoms with Gasteiger partial charge in [0, 0.05) is 12.2 Å². The van der Waals surface area contributed by atoms with E-state index in [2.05, 4.69) is 4.72 Å². The smallest absolute Gasteiger partial charge is 0.243 e. The topological polar surface area (TPSA) is 125 Å². The monoisotopic (exact) mass is 287 g/mol. The minimum atomic E-state index is -3.63. The maximum atomic E-state index is 11.9. The number of carbonyl (C=O) groups is 1. The van der Waals surface area contributed by atoms with Crippen molar-refractivity contribution >= 4 is 21.6 Å². The normalized spacial score (nSPS) is 11.4. The summed E-state index contributed by atoms with van der Waals surface area (Å²) >= 11 is 0. The number of primary amides is 1. The Bertz CT molecular complexity index is 537. The lowest BCUT2D eigenvalue weighted by Gasteiger charge is -2.08. The fourth-order valence-electron chi connectivity index (χ4n) is 1.44. The molecule has 0 aliphatic carbocycles. The van der Waals surface area contributed by atoms with Crippen LogP contribution in [0, 0.1) is 6.92 Å². The molecule has 19 heavy (non-hydrogen) atoms. The van der Waals surface area contributed by atoms with E-state index in [0.717, 1.165) is 5.56 Å². The van der Waals surface area contributed by atoms with E-state index in [-0.39, 0.29) is 24.7 Å². The van der Waals surface area contributed by atoms with Crippen LogP contribution in [0.25, 0.3) is 0 Å². The predicted molar refractivity (Wildman–Crippen MR) is 70.8 cm³/mol. The van der Waals surface area contributed by atoms with Gasteiger partial charge in [0.05, 0.1) is 11.5 Å². The zero-order chi connectivity index (χ0) is 14.5. The van der Waals surface area contributed by atoms with E-state index in [9.17, 15) is 13.2 Å². The minimum absolute atomic E-state index is 0.0451. The Morgan fingerprint density at radius 3 is 2.63 bits per heavy atom. The van der Waals surface area contributed by atoms with Gasteiger partial charge in [0.15, 0.2) is 0 Å². The highest BCUT2D eigenvalue weighted by Gasteiger charge is 2.14. The van der Waals surface area contributed by atoms with Crippen LogP contribution < -0.4 is 16.2 Å². The van der Waals surface area contributed by atoms with Crippen LogP contribution in [0.4, 0.5) is 5.69 Å². The fourth-order valence-corrected chi connectivity index (χ4v) is 2.59. The van der Waals surface area contributed by atoms with Gasteiger partial charge < -0.3 is 16.2 Å². The highest BCUT2D eigenvalue weighted by atomic mass is 32.2. The molecule has 0 spiro atoms. The van der Waals surface area contributed by atoms with Crippen LogP contribution in [-0.4, -0.2) is 34.1 Å². The third-order valence-corrected chi connectivity index (χ3v) is 3.61. The summed E-state index contributed by atoms with van der Waals surface area (Å²) in [6, 6.07) is 4.57. The molecule has 1 amide bonds. The molecule has 1 rings (SSSR count). The lowest BCUT2D eigenvalue weighted by atomic mass is 10.2. The Kier molecular flexibility index (Phi) is 5.28. The summed E-state index contributed by atoms with van der Waals surface area (Å²) in [5.74, 6) is -0.602. The van der Waals surface area contributed by atoms with Crippen LogP contribution in [0.2, 0.25) is 0 Å². The van der Waals surface area contributed by atoms with Crippen molar-refractivity contribution in [1.29, 1.82) is 0 Å². The van der Waals surface area contributed by atoms with Gasteiger partial charge in [-0.2, -0.15) is 0 Å². The number of amides is 1. The molecule has 7 nitrogen and oxygen atoms in total. The summed E-state index contributed by atoms with van der Waals surface area (Å²) in [5.41, 5.74) is 11.6. The quantitative estimate of drug-likeness (QED) is 0.454. The molecule has 1 aromatic carbocycles. The van der Waals surface area contributed by atoms with Crippen LogP contribution >= 0.6 is 0 Å². The molecule has 0 heterocycles. The van der Waals surface area contributed by atoms with E-state index >= 15 is 0 Å². The lowest BCUT2D eigenvalue weighted by Crippen LogP contribution is -2.29. The maximum Gasteiger partial charge on any atom is 0.243 e. The number of nitrogens with two attached hydrogens (primary N) is 2. The zero-order valence-electron chi connectivity index (χ0n) is 10.5. The van der Waals surface area contributed by atoms with Gasteiger partial charge in [0.25, 0.3) is 0 Å². The summed E-state index contributed by atoms with van der Waals surface area (Å²) in [5, 5.41) is 0. The van der Waals surface area contributed by atoms with Crippen LogP contribution in [0.3, 0.4) is 0 Å². The van der Waals surface area contributed by atoms with Crippen molar-refractivity contribution in [3.05, 3.63) is 23.8 Å². The molecule has 0 aliphatic heterocycles. The second-order valence-electron chi connectivity index (χ2n) is 4.00. The van der Waals surface area contributed by atoms with E-state index < -0.39 is 15.9 Å². The Hall–Kier alpha value is -1.64. The number of aryl methyl sites for hydroxylation is 1. The predicted octanol–water partition coefficient (Wildman–Crippen LogP) is -0.643. The van der Waals surface area contributed by atoms with E-state index in [0.29, 0.717) is 5.69 Å². The molecule has 0 aromatic heterocycles. The largest absolute Gasteiger partial charge is 0.399 e. The summed E-state index contributed by atoms with van der Waals surface area (Å²) in [6.07, 6.45) is 0. The van der Waals surface area contributed by atoms with Gasteiger partial charge in [-0.15, -0.1) is 0 Å². The molecule has 0 saturated heterocycles. The number of rotatable bonds is 7. The van der Waals surface area contributed by atoms with Crippen molar-refractivity contribution in [2.24, 2.45) is 5.73 Å². The van der Waals surface area contributed by atoms with Crippen molar-refractivity contribution in [2.75, 3.05) is 25.5 Å². The van der Waals surface area contributed by atoms with Crippen LogP contribution in [-0.2, 0) is 19.6 Å². The number of nitrogen functional groups attached to an aromatic ring is 1. The second kappa shape index (κ2) is 6.50. The van der Waals surface area contributed by atoms with Crippen molar-refractivity contribution in [2.45, 2.75) is 11.8 Å². The molecule has 5 N–H and O–H groups in total. The highest BCUT2D eigenvalue weighted by molar-refractivity contribution is 7.89. The third kappa shape index (κ3) is 5.25. The number of hydrogen-bond acceptors (Lipinski definition) is 5. The average molecular weight is 287 g/mol. The van der Waals surface area contributed by atoms with E-state index in [1.165, 1.54) is 12.1 Å². The number of nitrogens with one attached hydrogen (secondary N) is 1. The first-order valence-electron chi connectivity index (χ1n) is 5.54. The number of sulfonamides is 1. The van der Waals surface area contributed by atoms with Crippen LogP contribution in [0.1, 0.15) is 5.56 Å². The van der Waals surface area contributed by atoms with E-state index in [1.807, 2.05) is 0 Å². The number of benzene rings is 1. The highest BCUT2D eigenvalue weighted by Crippen LogP contribution is 2.15. The average Bonchev–Trinajstić information content (AvgIpc) is 2.26. The van der Waals surface area contributed by atoms with Crippen LogP contribution in [0.15, 0.2) is 23.1 Å². The fraction of sp³-hybridized carbons (Fsp3) is 0.364. The first kappa shape index (κ1) is 15.4. The SMILES string of the molecule is Cc1cc(N)cc(S(=O)(=O)NCCOCC(N)=O)c1. The minimum Gasteiger partial charge on any atom is -0.399 e. The van der Waals surface area contributed by atoms with Gasteiger partial charge in [0.1, 0.15) is 6.61 Å². The van der Waals surface area contributed by atoms with E-state index in [1.54, 1.807) is 13.0 Å².